The van der Waals surface area contributed by atoms with E-state index in [1.165, 1.54) is 38.5 Å². The van der Waals surface area contributed by atoms with Crippen molar-refractivity contribution < 1.29 is 86.4 Å². The fraction of sp³-hybridized carbons (Fsp3) is 0.535. The van der Waals surface area contributed by atoms with Gasteiger partial charge in [-0.1, -0.05) is 6.08 Å². The lowest BCUT2D eigenvalue weighted by atomic mass is 9.75. The molecule has 3 aliphatic rings. The van der Waals surface area contributed by atoms with Crippen molar-refractivity contribution in [3.63, 3.8) is 0 Å². The Bertz CT molecular complexity index is 2580. The fourth-order valence-electron chi connectivity index (χ4n) is 8.38. The van der Waals surface area contributed by atoms with E-state index in [4.69, 9.17) is 28.5 Å². The van der Waals surface area contributed by atoms with E-state index in [0.717, 1.165) is 0 Å². The molecule has 5 rings (SSSR count). The van der Waals surface area contributed by atoms with Gasteiger partial charge >= 0.3 is 5.97 Å². The summed E-state index contributed by atoms with van der Waals surface area (Å²) in [5, 5.41) is 0.465. The molecule has 0 bridgehead atoms. The third-order valence-corrected chi connectivity index (χ3v) is 14.3. The summed E-state index contributed by atoms with van der Waals surface area (Å²) in [5.41, 5.74) is 1.57. The Balaban J connectivity index is 1.47. The van der Waals surface area contributed by atoms with Crippen LogP contribution < -0.4 is 4.90 Å². The van der Waals surface area contributed by atoms with Crippen LogP contribution in [-0.2, 0) is 84.1 Å². The van der Waals surface area contributed by atoms with Crippen molar-refractivity contribution >= 4 is 65.2 Å². The first kappa shape index (κ1) is 53.5. The van der Waals surface area contributed by atoms with Gasteiger partial charge in [0.05, 0.1) is 67.0 Å². The highest BCUT2D eigenvalue weighted by Crippen LogP contribution is 2.51. The van der Waals surface area contributed by atoms with Gasteiger partial charge in [0.1, 0.15) is 6.61 Å². The van der Waals surface area contributed by atoms with Gasteiger partial charge in [-0.2, -0.15) is 29.8 Å². The predicted octanol–water partition coefficient (Wildman–Crippen LogP) is 3.15. The maximum Gasteiger partial charge on any atom is 0.335 e. The van der Waals surface area contributed by atoms with Crippen LogP contribution in [-0.4, -0.2) is 158 Å². The average molecular weight is 1000 g/mol. The predicted molar refractivity (Wildman–Crippen MR) is 240 cm³/mol. The van der Waals surface area contributed by atoms with Gasteiger partial charge in [-0.15, -0.1) is 5.06 Å². The number of amides is 2. The molecule has 3 N–H and O–H groups in total. The lowest BCUT2D eigenvalue weighted by Gasteiger charge is -2.30. The molecule has 1 saturated heterocycles. The molecule has 370 valence electrons. The first-order valence-electron chi connectivity index (χ1n) is 21.3. The van der Waals surface area contributed by atoms with Crippen LogP contribution in [0.1, 0.15) is 63.5 Å². The van der Waals surface area contributed by atoms with Gasteiger partial charge in [-0.25, -0.2) is 4.79 Å². The lowest BCUT2D eigenvalue weighted by molar-refractivity contribution is -0.442. The molecular weight excluding hydrogens is 943 g/mol. The van der Waals surface area contributed by atoms with Crippen molar-refractivity contribution in [2.45, 2.75) is 73.0 Å². The van der Waals surface area contributed by atoms with Gasteiger partial charge in [-0.3, -0.25) is 23.2 Å². The van der Waals surface area contributed by atoms with Crippen molar-refractivity contribution in [1.29, 1.82) is 0 Å². The largest absolute Gasteiger partial charge is 0.385 e. The first-order valence-corrected chi connectivity index (χ1v) is 25.8. The zero-order valence-electron chi connectivity index (χ0n) is 37.7. The summed E-state index contributed by atoms with van der Waals surface area (Å²) in [5.74, 6) is -2.55. The van der Waals surface area contributed by atoms with E-state index in [1.54, 1.807) is 24.3 Å². The number of anilines is 1. The number of fused-ring (bicyclic) bond motifs is 2. The maximum atomic E-state index is 12.4. The molecule has 67 heavy (non-hydrogen) atoms. The molecule has 1 fully saturated rings. The van der Waals surface area contributed by atoms with E-state index in [9.17, 15) is 53.3 Å². The smallest absolute Gasteiger partial charge is 0.335 e. The number of ether oxygens (including phenoxy) is 5. The Morgan fingerprint density at radius 2 is 1.34 bits per heavy atom. The zero-order chi connectivity index (χ0) is 49.2. The van der Waals surface area contributed by atoms with Crippen LogP contribution in [0.4, 0.5) is 11.4 Å². The van der Waals surface area contributed by atoms with E-state index in [0.29, 0.717) is 52.0 Å². The van der Waals surface area contributed by atoms with Gasteiger partial charge in [0.2, 0.25) is 5.69 Å². The number of allylic oxidation sites excluding steroid dienone is 4. The molecule has 2 unspecified atom stereocenters. The minimum Gasteiger partial charge on any atom is -0.385 e. The molecule has 3 aliphatic heterocycles. The van der Waals surface area contributed by atoms with E-state index < -0.39 is 64.7 Å². The summed E-state index contributed by atoms with van der Waals surface area (Å²) in [6, 6.07) is 8.47. The van der Waals surface area contributed by atoms with Gasteiger partial charge < -0.3 is 33.4 Å². The number of benzene rings is 2. The van der Waals surface area contributed by atoms with Crippen molar-refractivity contribution in [2.75, 3.05) is 90.8 Å². The standard InChI is InChI=1S/C43H57N3O18S3/c1-42(16-6-28-65(50,51)52)33-29-31(66(53,54)55)9-11-35(33)44(18-22-62-25-24-60-4)37(42)7-5-8-38-43(2,17-21-59-3)34-30-32(67(56,57)58)10-12-36(34)45(38)19-23-63-27-26-61-20-15-41(49)64-46-39(47)13-14-40(46)48/h5,7-12,29-30H,6,13-28H2,1-4H3,(H2-,50,51,52,53,54,55,56,57,58)/p+1. The van der Waals surface area contributed by atoms with Crippen LogP contribution in [0.5, 0.6) is 0 Å². The summed E-state index contributed by atoms with van der Waals surface area (Å²) < 4.78 is 133. The minimum atomic E-state index is -4.65. The number of hydrogen-bond acceptors (Lipinski definition) is 16. The van der Waals surface area contributed by atoms with E-state index in [2.05, 4.69) is 0 Å². The maximum absolute atomic E-state index is 12.4. The van der Waals surface area contributed by atoms with Gasteiger partial charge in [-0.05, 0) is 75.1 Å². The first-order chi connectivity index (χ1) is 31.5. The number of hydrogen-bond donors (Lipinski definition) is 3. The summed E-state index contributed by atoms with van der Waals surface area (Å²) >= 11 is 0. The third-order valence-electron chi connectivity index (χ3n) is 11.8. The monoisotopic (exact) mass is 1000 g/mol. The number of nitrogens with zero attached hydrogens (tertiary/aromatic N) is 3. The molecular formula is C43H58N3O18S3+. The zero-order valence-corrected chi connectivity index (χ0v) is 40.2. The molecule has 2 amide bonds. The quantitative estimate of drug-likeness (QED) is 0.0502. The lowest BCUT2D eigenvalue weighted by Crippen LogP contribution is -2.33. The van der Waals surface area contributed by atoms with Crippen molar-refractivity contribution in [3.8, 4) is 0 Å². The Morgan fingerprint density at radius 3 is 1.97 bits per heavy atom. The molecule has 0 radical (unpaired) electrons. The molecule has 0 aromatic heterocycles. The Labute approximate surface area is 390 Å². The van der Waals surface area contributed by atoms with Crippen LogP contribution in [0.15, 0.2) is 70.1 Å². The number of rotatable bonds is 27. The summed E-state index contributed by atoms with van der Waals surface area (Å²) in [7, 11) is -10.6. The van der Waals surface area contributed by atoms with Crippen molar-refractivity contribution in [1.82, 2.24) is 5.06 Å². The van der Waals surface area contributed by atoms with Crippen molar-refractivity contribution in [3.05, 3.63) is 71.5 Å². The highest BCUT2D eigenvalue weighted by Gasteiger charge is 2.48. The molecule has 2 atom stereocenters. The van der Waals surface area contributed by atoms with Crippen LogP contribution in [0.2, 0.25) is 0 Å². The Hall–Kier alpha value is -4.47. The van der Waals surface area contributed by atoms with E-state index in [1.807, 2.05) is 29.4 Å². The molecule has 21 nitrogen and oxygen atoms in total. The normalized spacial score (nSPS) is 20.5. The number of carbonyl (C=O) groups excluding carboxylic acids is 3. The van der Waals surface area contributed by atoms with E-state index >= 15 is 0 Å². The molecule has 2 aromatic rings. The van der Waals surface area contributed by atoms with Crippen LogP contribution in [0.25, 0.3) is 0 Å². The van der Waals surface area contributed by atoms with Crippen LogP contribution in [0.3, 0.4) is 0 Å². The van der Waals surface area contributed by atoms with Crippen molar-refractivity contribution in [2.24, 2.45) is 0 Å². The molecule has 2 aromatic carbocycles. The van der Waals surface area contributed by atoms with Gasteiger partial charge in [0, 0.05) is 74.7 Å². The molecule has 3 heterocycles. The van der Waals surface area contributed by atoms with Gasteiger partial charge in [0.15, 0.2) is 12.3 Å². The molecule has 0 saturated carbocycles. The highest BCUT2D eigenvalue weighted by molar-refractivity contribution is 7.86. The second kappa shape index (κ2) is 22.8. The number of imide groups is 1. The summed E-state index contributed by atoms with van der Waals surface area (Å²) in [6.45, 7) is 5.58. The van der Waals surface area contributed by atoms with Crippen LogP contribution in [0, 0.1) is 0 Å². The minimum absolute atomic E-state index is 0.0175. The number of methoxy groups -OCH3 is 2. The second-order valence-electron chi connectivity index (χ2n) is 16.3. The molecule has 0 spiro atoms. The molecule has 0 aliphatic carbocycles. The number of carbonyl (C=O) groups is 3. The fourth-order valence-corrected chi connectivity index (χ4v) is 9.90. The SMILES string of the molecule is COCCOCC[N+]1=C(C=CC=C2N(CCOCCOCCC(=O)ON3C(=O)CCC3=O)c3ccc(S(=O)(=O)O)cc3C2(C)CCOC)C(C)(CCCS(=O)(=O)O)c2cc(S(=O)(=O)O)ccc21. The summed E-state index contributed by atoms with van der Waals surface area (Å²) in [4.78, 5) is 41.7. The summed E-state index contributed by atoms with van der Waals surface area (Å²) in [6.07, 6.45) is 5.60. The number of hydroxylamine groups is 2. The van der Waals surface area contributed by atoms with Crippen LogP contribution >= 0.6 is 0 Å². The Kier molecular flexibility index (Phi) is 18.2. The third kappa shape index (κ3) is 13.4. The Morgan fingerprint density at radius 1 is 0.746 bits per heavy atom. The van der Waals surface area contributed by atoms with E-state index in [-0.39, 0.29) is 101 Å². The molecule has 24 heteroatoms. The average Bonchev–Trinajstić information content (AvgIpc) is 3.78. The van der Waals surface area contributed by atoms with Gasteiger partial charge in [0.25, 0.3) is 42.2 Å². The highest BCUT2D eigenvalue weighted by atomic mass is 32.2. The topological polar surface area (TPSA) is 279 Å². The second-order valence-corrected chi connectivity index (χ2v) is 20.7.